The summed E-state index contributed by atoms with van der Waals surface area (Å²) in [5.41, 5.74) is 7.72. The van der Waals surface area contributed by atoms with Crippen LogP contribution in [0.1, 0.15) is 0 Å². The van der Waals surface area contributed by atoms with Crippen LogP contribution in [0.2, 0.25) is 0 Å². The van der Waals surface area contributed by atoms with E-state index in [1.165, 1.54) is 6.33 Å². The third kappa shape index (κ3) is 3.70. The van der Waals surface area contributed by atoms with Crippen LogP contribution in [0.15, 0.2) is 31.0 Å². The van der Waals surface area contributed by atoms with Crippen LogP contribution in [0.3, 0.4) is 0 Å². The van der Waals surface area contributed by atoms with Gasteiger partial charge in [-0.15, -0.1) is 0 Å². The second-order valence-corrected chi connectivity index (χ2v) is 4.10. The van der Waals surface area contributed by atoms with Gasteiger partial charge in [0.2, 0.25) is 0 Å². The highest BCUT2D eigenvalue weighted by Gasteiger charge is 2.27. The van der Waals surface area contributed by atoms with E-state index >= 15 is 0 Å². The number of rotatable bonds is 5. The molecule has 0 radical (unpaired) electrons. The van der Waals surface area contributed by atoms with Gasteiger partial charge in [-0.05, 0) is 6.07 Å². The number of aromatic nitrogens is 3. The summed E-state index contributed by atoms with van der Waals surface area (Å²) in [6.45, 7) is -1.07. The van der Waals surface area contributed by atoms with Crippen LogP contribution in [-0.2, 0) is 11.3 Å². The summed E-state index contributed by atoms with van der Waals surface area (Å²) < 4.78 is 42.1. The number of imidazole rings is 1. The molecule has 2 aromatic heterocycles. The normalized spacial score (nSPS) is 11.8. The molecule has 2 rings (SSSR count). The van der Waals surface area contributed by atoms with Gasteiger partial charge in [0.1, 0.15) is 6.61 Å². The molecule has 0 saturated heterocycles. The summed E-state index contributed by atoms with van der Waals surface area (Å²) in [6, 6.07) is 1.65. The molecule has 0 unspecified atom stereocenters. The number of hydrogen-bond acceptors (Lipinski definition) is 4. The predicted octanol–water partition coefficient (Wildman–Crippen LogP) is 2.11. The Morgan fingerprint density at radius 3 is 2.75 bits per heavy atom. The lowest BCUT2D eigenvalue weighted by atomic mass is 10.2. The number of nitrogens with zero attached hydrogens (tertiary/aromatic N) is 3. The Morgan fingerprint density at radius 1 is 1.25 bits per heavy atom. The molecule has 2 heterocycles. The van der Waals surface area contributed by atoms with Crippen molar-refractivity contribution in [2.45, 2.75) is 12.7 Å². The molecular weight excluding hydrogens is 273 g/mol. The summed E-state index contributed by atoms with van der Waals surface area (Å²) >= 11 is 0. The minimum atomic E-state index is -4.31. The molecule has 0 fully saturated rings. The van der Waals surface area contributed by atoms with E-state index in [1.54, 1.807) is 29.2 Å². The zero-order chi connectivity index (χ0) is 14.6. The molecule has 20 heavy (non-hydrogen) atoms. The molecule has 0 aromatic carbocycles. The van der Waals surface area contributed by atoms with Crippen LogP contribution in [0.4, 0.5) is 18.9 Å². The fraction of sp³-hybridized carbons (Fsp3) is 0.333. The molecule has 0 bridgehead atoms. The van der Waals surface area contributed by atoms with Crippen LogP contribution in [0, 0.1) is 0 Å². The fourth-order valence-electron chi connectivity index (χ4n) is 1.69. The smallest absolute Gasteiger partial charge is 0.398 e. The Hall–Kier alpha value is -2.09. The van der Waals surface area contributed by atoms with Crippen molar-refractivity contribution in [2.75, 3.05) is 18.9 Å². The van der Waals surface area contributed by atoms with Crippen molar-refractivity contribution >= 4 is 5.69 Å². The third-order valence-corrected chi connectivity index (χ3v) is 2.59. The Morgan fingerprint density at radius 2 is 2.05 bits per heavy atom. The van der Waals surface area contributed by atoms with Gasteiger partial charge < -0.3 is 15.0 Å². The third-order valence-electron chi connectivity index (χ3n) is 2.59. The number of nitrogens with two attached hydrogens (primary N) is 1. The predicted molar refractivity (Wildman–Crippen MR) is 66.7 cm³/mol. The molecule has 0 aliphatic heterocycles. The summed E-state index contributed by atoms with van der Waals surface area (Å²) in [6.07, 6.45) is 1.92. The zero-order valence-corrected chi connectivity index (χ0v) is 10.5. The van der Waals surface area contributed by atoms with Crippen LogP contribution in [-0.4, -0.2) is 33.9 Å². The number of alkyl halides is 3. The van der Waals surface area contributed by atoms with E-state index in [9.17, 15) is 13.2 Å². The van der Waals surface area contributed by atoms with Crippen LogP contribution in [0.5, 0.6) is 0 Å². The highest BCUT2D eigenvalue weighted by atomic mass is 19.4. The molecule has 0 atom stereocenters. The Balaban J connectivity index is 2.01. The van der Waals surface area contributed by atoms with Crippen LogP contribution < -0.4 is 5.73 Å². The highest BCUT2D eigenvalue weighted by Crippen LogP contribution is 2.24. The molecule has 0 amide bonds. The lowest BCUT2D eigenvalue weighted by Gasteiger charge is -2.11. The average molecular weight is 286 g/mol. The van der Waals surface area contributed by atoms with E-state index in [2.05, 4.69) is 14.7 Å². The van der Waals surface area contributed by atoms with Crippen molar-refractivity contribution in [1.29, 1.82) is 0 Å². The van der Waals surface area contributed by atoms with E-state index in [0.717, 1.165) is 0 Å². The molecule has 5 nitrogen and oxygen atoms in total. The van der Waals surface area contributed by atoms with Gasteiger partial charge >= 0.3 is 6.18 Å². The minimum absolute atomic E-state index is 0.0664. The second kappa shape index (κ2) is 5.91. The first-order chi connectivity index (χ1) is 9.47. The van der Waals surface area contributed by atoms with Gasteiger partial charge in [0, 0.05) is 30.2 Å². The minimum Gasteiger partial charge on any atom is -0.398 e. The maximum atomic E-state index is 11.9. The first kappa shape index (κ1) is 14.3. The number of hydrogen-bond donors (Lipinski definition) is 1. The van der Waals surface area contributed by atoms with Gasteiger partial charge in [-0.2, -0.15) is 13.2 Å². The number of nitrogen functional groups attached to an aromatic ring is 1. The van der Waals surface area contributed by atoms with E-state index in [-0.39, 0.29) is 13.2 Å². The monoisotopic (exact) mass is 286 g/mol. The lowest BCUT2D eigenvalue weighted by molar-refractivity contribution is -0.174. The molecule has 0 aliphatic carbocycles. The van der Waals surface area contributed by atoms with Crippen molar-refractivity contribution < 1.29 is 17.9 Å². The molecule has 8 heteroatoms. The van der Waals surface area contributed by atoms with Crippen molar-refractivity contribution in [3.05, 3.63) is 31.0 Å². The van der Waals surface area contributed by atoms with E-state index in [1.807, 2.05) is 0 Å². The molecule has 0 aliphatic rings. The Labute approximate surface area is 113 Å². The number of ether oxygens (including phenoxy) is 1. The van der Waals surface area contributed by atoms with Crippen molar-refractivity contribution in [3.8, 4) is 11.3 Å². The van der Waals surface area contributed by atoms with Gasteiger partial charge in [0.05, 0.1) is 24.8 Å². The van der Waals surface area contributed by atoms with E-state index in [0.29, 0.717) is 16.9 Å². The van der Waals surface area contributed by atoms with E-state index < -0.39 is 12.8 Å². The summed E-state index contributed by atoms with van der Waals surface area (Å²) in [4.78, 5) is 7.94. The topological polar surface area (TPSA) is 66.0 Å². The van der Waals surface area contributed by atoms with Gasteiger partial charge in [-0.3, -0.25) is 4.98 Å². The average Bonchev–Trinajstić information content (AvgIpc) is 2.82. The lowest BCUT2D eigenvalue weighted by Crippen LogP contribution is -2.19. The van der Waals surface area contributed by atoms with Crippen LogP contribution in [0.25, 0.3) is 11.3 Å². The van der Waals surface area contributed by atoms with Gasteiger partial charge in [-0.25, -0.2) is 4.98 Å². The molecule has 108 valence electrons. The SMILES string of the molecule is Nc1ccncc1-c1cncn1CCOCC(F)(F)F. The fourth-order valence-corrected chi connectivity index (χ4v) is 1.69. The second-order valence-electron chi connectivity index (χ2n) is 4.10. The summed E-state index contributed by atoms with van der Waals surface area (Å²) in [7, 11) is 0. The molecular formula is C12H13F3N4O. The first-order valence-electron chi connectivity index (χ1n) is 5.82. The Kier molecular flexibility index (Phi) is 4.23. The van der Waals surface area contributed by atoms with Crippen molar-refractivity contribution in [3.63, 3.8) is 0 Å². The van der Waals surface area contributed by atoms with Crippen molar-refractivity contribution in [1.82, 2.24) is 14.5 Å². The zero-order valence-electron chi connectivity index (χ0n) is 10.5. The summed E-state index contributed by atoms with van der Waals surface area (Å²) in [5, 5.41) is 0. The maximum absolute atomic E-state index is 11.9. The first-order valence-corrected chi connectivity index (χ1v) is 5.82. The molecule has 0 saturated carbocycles. The number of halogens is 3. The van der Waals surface area contributed by atoms with Gasteiger partial charge in [0.15, 0.2) is 0 Å². The quantitative estimate of drug-likeness (QED) is 0.855. The van der Waals surface area contributed by atoms with Gasteiger partial charge in [0.25, 0.3) is 0 Å². The highest BCUT2D eigenvalue weighted by molar-refractivity contribution is 5.72. The largest absolute Gasteiger partial charge is 0.411 e. The molecule has 2 aromatic rings. The van der Waals surface area contributed by atoms with E-state index in [4.69, 9.17) is 5.73 Å². The maximum Gasteiger partial charge on any atom is 0.411 e. The van der Waals surface area contributed by atoms with Crippen molar-refractivity contribution in [2.24, 2.45) is 0 Å². The standard InChI is InChI=1S/C12H13F3N4O/c13-12(14,15)7-20-4-3-19-8-18-6-11(19)9-5-17-2-1-10(9)16/h1-2,5-6,8H,3-4,7H2,(H2,16,17). The molecule has 0 spiro atoms. The number of pyridine rings is 1. The van der Waals surface area contributed by atoms with Gasteiger partial charge in [-0.1, -0.05) is 0 Å². The molecule has 2 N–H and O–H groups in total. The summed E-state index contributed by atoms with van der Waals surface area (Å²) in [5.74, 6) is 0. The number of anilines is 1. The Bertz CT molecular complexity index is 568. The van der Waals surface area contributed by atoms with Crippen LogP contribution >= 0.6 is 0 Å².